The van der Waals surface area contributed by atoms with E-state index >= 15 is 0 Å². The molecular formula is C36H33NS. The van der Waals surface area contributed by atoms with Gasteiger partial charge in [-0.2, -0.15) is 0 Å². The predicted octanol–water partition coefficient (Wildman–Crippen LogP) is 11.3. The molecule has 0 spiro atoms. The summed E-state index contributed by atoms with van der Waals surface area (Å²) in [5.74, 6) is 0. The van der Waals surface area contributed by atoms with Gasteiger partial charge in [-0.3, -0.25) is 0 Å². The summed E-state index contributed by atoms with van der Waals surface area (Å²) in [5.41, 5.74) is 7.46. The Labute approximate surface area is 229 Å². The van der Waals surface area contributed by atoms with Crippen LogP contribution >= 0.6 is 11.3 Å². The first-order valence-electron chi connectivity index (χ1n) is 13.1. The smallest absolute Gasteiger partial charge is 0.0727 e. The molecule has 0 bridgehead atoms. The van der Waals surface area contributed by atoms with Gasteiger partial charge in [-0.05, 0) is 67.8 Å². The first kappa shape index (κ1) is 25.5. The number of para-hydroxylation sites is 1. The van der Waals surface area contributed by atoms with Crippen molar-refractivity contribution < 1.29 is 0 Å². The first-order chi connectivity index (χ1) is 18.5. The molecule has 0 amide bonds. The molecule has 0 aliphatic carbocycles. The zero-order chi connectivity index (χ0) is 26.6. The van der Waals surface area contributed by atoms with Crippen molar-refractivity contribution in [1.82, 2.24) is 4.57 Å². The molecule has 0 unspecified atom stereocenters. The summed E-state index contributed by atoms with van der Waals surface area (Å²) in [5, 5.41) is 5.30. The molecule has 38 heavy (non-hydrogen) atoms. The van der Waals surface area contributed by atoms with E-state index in [1.54, 1.807) is 0 Å². The Morgan fingerprint density at radius 3 is 2.16 bits per heavy atom. The fourth-order valence-electron chi connectivity index (χ4n) is 4.84. The summed E-state index contributed by atoms with van der Waals surface area (Å²) in [7, 11) is 0. The molecule has 0 atom stereocenters. The molecule has 0 aliphatic heterocycles. The number of hydrogen-bond donors (Lipinski definition) is 0. The molecule has 4 aromatic carbocycles. The quantitative estimate of drug-likeness (QED) is 0.207. The van der Waals surface area contributed by atoms with Gasteiger partial charge in [0, 0.05) is 21.2 Å². The Kier molecular flexibility index (Phi) is 7.44. The van der Waals surface area contributed by atoms with Crippen LogP contribution in [0.2, 0.25) is 0 Å². The third-order valence-electron chi connectivity index (χ3n) is 6.87. The van der Waals surface area contributed by atoms with Crippen molar-refractivity contribution in [2.24, 2.45) is 0 Å². The molecule has 0 saturated heterocycles. The molecule has 0 aliphatic rings. The standard InChI is InChI=1S/C28H21NS.C8H12/c1-3-18(2)19-12-15-21(16-13-19)29-25-11-7-6-10-23(25)28-26(29)24-17-14-20-8-4-5-9-22(20)27(24)30-28;1-4-5-6-7-8(2)3/h3-17H,1-2H3;4-7H,2H2,1,3H3/b18-3+;5-4-,7-6-. The maximum Gasteiger partial charge on any atom is 0.0727 e. The Bertz CT molecular complexity index is 1850. The van der Waals surface area contributed by atoms with Crippen molar-refractivity contribution in [1.29, 1.82) is 0 Å². The van der Waals surface area contributed by atoms with Crippen molar-refractivity contribution in [3.8, 4) is 5.69 Å². The highest BCUT2D eigenvalue weighted by Crippen LogP contribution is 2.44. The van der Waals surface area contributed by atoms with Crippen molar-refractivity contribution >= 4 is 58.9 Å². The van der Waals surface area contributed by atoms with E-state index in [-0.39, 0.29) is 0 Å². The third-order valence-corrected chi connectivity index (χ3v) is 8.13. The summed E-state index contributed by atoms with van der Waals surface area (Å²) in [6.07, 6.45) is 10.1. The van der Waals surface area contributed by atoms with E-state index in [2.05, 4.69) is 116 Å². The number of aromatic nitrogens is 1. The number of hydrogen-bond acceptors (Lipinski definition) is 1. The molecule has 0 N–H and O–H groups in total. The van der Waals surface area contributed by atoms with Gasteiger partial charge in [-0.1, -0.05) is 109 Å². The lowest BCUT2D eigenvalue weighted by Gasteiger charge is -2.10. The minimum atomic E-state index is 1.09. The summed E-state index contributed by atoms with van der Waals surface area (Å²) >= 11 is 1.92. The number of nitrogens with zero attached hydrogens (tertiary/aromatic N) is 1. The molecule has 0 fully saturated rings. The second kappa shape index (κ2) is 11.1. The van der Waals surface area contributed by atoms with Crippen LogP contribution in [0, 0.1) is 0 Å². The third kappa shape index (κ3) is 4.76. The van der Waals surface area contributed by atoms with Crippen molar-refractivity contribution in [2.45, 2.75) is 27.7 Å². The van der Waals surface area contributed by atoms with Crippen molar-refractivity contribution in [2.75, 3.05) is 0 Å². The fraction of sp³-hybridized carbons (Fsp3) is 0.111. The molecule has 6 rings (SSSR count). The molecule has 0 saturated carbocycles. The molecular weight excluding hydrogens is 478 g/mol. The first-order valence-corrected chi connectivity index (χ1v) is 13.9. The minimum Gasteiger partial charge on any atom is -0.308 e. The maximum atomic E-state index is 3.71. The van der Waals surface area contributed by atoms with Crippen LogP contribution in [0.25, 0.3) is 53.2 Å². The summed E-state index contributed by atoms with van der Waals surface area (Å²) in [6, 6.07) is 31.0. The van der Waals surface area contributed by atoms with E-state index in [1.165, 1.54) is 58.8 Å². The Morgan fingerprint density at radius 2 is 1.45 bits per heavy atom. The van der Waals surface area contributed by atoms with Gasteiger partial charge < -0.3 is 4.57 Å². The van der Waals surface area contributed by atoms with Crippen LogP contribution in [0.4, 0.5) is 0 Å². The van der Waals surface area contributed by atoms with Gasteiger partial charge in [0.25, 0.3) is 0 Å². The van der Waals surface area contributed by atoms with E-state index in [0.29, 0.717) is 0 Å². The monoisotopic (exact) mass is 511 g/mol. The van der Waals surface area contributed by atoms with Crippen LogP contribution in [-0.2, 0) is 0 Å². The zero-order valence-corrected chi connectivity index (χ0v) is 23.3. The molecule has 2 heteroatoms. The van der Waals surface area contributed by atoms with Crippen LogP contribution in [-0.4, -0.2) is 4.57 Å². The normalized spacial score (nSPS) is 12.3. The molecule has 6 aromatic rings. The van der Waals surface area contributed by atoms with Gasteiger partial charge in [-0.25, -0.2) is 0 Å². The van der Waals surface area contributed by atoms with Crippen LogP contribution in [0.3, 0.4) is 0 Å². The topological polar surface area (TPSA) is 4.93 Å². The Morgan fingerprint density at radius 1 is 0.737 bits per heavy atom. The maximum absolute atomic E-state index is 3.71. The second-order valence-corrected chi connectivity index (χ2v) is 10.6. The van der Waals surface area contributed by atoms with Crippen LogP contribution in [0.5, 0.6) is 0 Å². The van der Waals surface area contributed by atoms with Gasteiger partial charge >= 0.3 is 0 Å². The number of thiophene rings is 1. The van der Waals surface area contributed by atoms with Crippen LogP contribution < -0.4 is 0 Å². The molecule has 1 nitrogen and oxygen atoms in total. The molecule has 2 heterocycles. The van der Waals surface area contributed by atoms with E-state index in [1.807, 2.05) is 49.5 Å². The van der Waals surface area contributed by atoms with E-state index < -0.39 is 0 Å². The molecule has 2 aromatic heterocycles. The number of allylic oxidation sites excluding steroid dienone is 7. The van der Waals surface area contributed by atoms with E-state index in [4.69, 9.17) is 0 Å². The molecule has 188 valence electrons. The van der Waals surface area contributed by atoms with Gasteiger partial charge in [-0.15, -0.1) is 11.3 Å². The second-order valence-electron chi connectivity index (χ2n) is 9.55. The highest BCUT2D eigenvalue weighted by molar-refractivity contribution is 7.27. The Balaban J connectivity index is 0.000000323. The van der Waals surface area contributed by atoms with Crippen molar-refractivity contribution in [3.05, 3.63) is 133 Å². The van der Waals surface area contributed by atoms with Gasteiger partial charge in [0.2, 0.25) is 0 Å². The zero-order valence-electron chi connectivity index (χ0n) is 22.5. The van der Waals surface area contributed by atoms with E-state index in [9.17, 15) is 0 Å². The molecule has 0 radical (unpaired) electrons. The largest absolute Gasteiger partial charge is 0.308 e. The predicted molar refractivity (Wildman–Crippen MR) is 172 cm³/mol. The highest BCUT2D eigenvalue weighted by Gasteiger charge is 2.18. The SMILES string of the molecule is C/C=C(\C)c1ccc(-n2c3ccccc3c3sc4c5ccccc5ccc4c32)cc1.C=C(C)/C=C\C=C/C. The number of fused-ring (bicyclic) bond motifs is 7. The number of rotatable bonds is 4. The van der Waals surface area contributed by atoms with Crippen LogP contribution in [0.1, 0.15) is 33.3 Å². The summed E-state index contributed by atoms with van der Waals surface area (Å²) in [4.78, 5) is 0. The van der Waals surface area contributed by atoms with Crippen molar-refractivity contribution in [3.63, 3.8) is 0 Å². The van der Waals surface area contributed by atoms with Gasteiger partial charge in [0.05, 0.1) is 15.7 Å². The fourth-order valence-corrected chi connectivity index (χ4v) is 6.19. The van der Waals surface area contributed by atoms with Gasteiger partial charge in [0.15, 0.2) is 0 Å². The van der Waals surface area contributed by atoms with Gasteiger partial charge in [0.1, 0.15) is 0 Å². The summed E-state index contributed by atoms with van der Waals surface area (Å²) in [6.45, 7) is 11.9. The van der Waals surface area contributed by atoms with E-state index in [0.717, 1.165) is 5.57 Å². The average Bonchev–Trinajstić information content (AvgIpc) is 3.48. The Hall–Kier alpha value is -4.14. The lowest BCUT2D eigenvalue weighted by Crippen LogP contribution is -1.94. The lowest BCUT2D eigenvalue weighted by atomic mass is 10.1. The average molecular weight is 512 g/mol. The number of benzene rings is 4. The minimum absolute atomic E-state index is 1.09. The summed E-state index contributed by atoms with van der Waals surface area (Å²) < 4.78 is 5.18. The lowest BCUT2D eigenvalue weighted by molar-refractivity contribution is 1.19. The highest BCUT2D eigenvalue weighted by atomic mass is 32.1. The van der Waals surface area contributed by atoms with Crippen LogP contribution in [0.15, 0.2) is 127 Å².